The van der Waals surface area contributed by atoms with Gasteiger partial charge in [0.1, 0.15) is 6.54 Å². The number of carbonyl (C=O) groups is 1. The molecule has 0 rings (SSSR count). The number of rotatable bonds is 7. The molecule has 0 fully saturated rings. The third-order valence-corrected chi connectivity index (χ3v) is 1.89. The van der Waals surface area contributed by atoms with E-state index >= 15 is 0 Å². The lowest BCUT2D eigenvalue weighted by atomic mass is 10.4. The lowest BCUT2D eigenvalue weighted by Gasteiger charge is -2.12. The molecule has 0 saturated heterocycles. The van der Waals surface area contributed by atoms with Crippen molar-refractivity contribution in [1.29, 1.82) is 0 Å². The molecule has 0 aromatic rings. The van der Waals surface area contributed by atoms with Crippen molar-refractivity contribution in [2.24, 2.45) is 0 Å². The quantitative estimate of drug-likeness (QED) is 0.488. The van der Waals surface area contributed by atoms with E-state index in [4.69, 9.17) is 4.74 Å². The van der Waals surface area contributed by atoms with Crippen molar-refractivity contribution in [2.45, 2.75) is 13.3 Å². The van der Waals surface area contributed by atoms with E-state index in [1.165, 1.54) is 4.90 Å². The summed E-state index contributed by atoms with van der Waals surface area (Å²) in [6.07, 6.45) is 1.02. The van der Waals surface area contributed by atoms with Gasteiger partial charge in [0.25, 0.3) is 0 Å². The summed E-state index contributed by atoms with van der Waals surface area (Å²) in [6.45, 7) is 5.22. The van der Waals surface area contributed by atoms with Gasteiger partial charge >= 0.3 is 0 Å². The molecule has 0 aliphatic heterocycles. The normalized spacial score (nSPS) is 12.5. The molecule has 1 atom stereocenters. The van der Waals surface area contributed by atoms with Crippen LogP contribution in [0.5, 0.6) is 0 Å². The summed E-state index contributed by atoms with van der Waals surface area (Å²) >= 11 is 0. The first kappa shape index (κ1) is 12.4. The van der Waals surface area contributed by atoms with Crippen LogP contribution in [0, 0.1) is 0 Å². The molecule has 13 heavy (non-hydrogen) atoms. The van der Waals surface area contributed by atoms with Gasteiger partial charge in [0.2, 0.25) is 5.91 Å². The zero-order valence-electron chi connectivity index (χ0n) is 8.85. The molecule has 0 aliphatic carbocycles. The number of likely N-dealkylation sites (N-methyl/N-ethyl adjacent to an activating group) is 1. The molecule has 78 valence electrons. The Morgan fingerprint density at radius 1 is 1.46 bits per heavy atom. The average molecular weight is 189 g/mol. The Balaban J connectivity index is 3.16. The van der Waals surface area contributed by atoms with Crippen molar-refractivity contribution in [3.63, 3.8) is 0 Å². The number of hydrogen-bond donors (Lipinski definition) is 2. The van der Waals surface area contributed by atoms with Gasteiger partial charge < -0.3 is 15.0 Å². The van der Waals surface area contributed by atoms with Crippen LogP contribution >= 0.6 is 0 Å². The van der Waals surface area contributed by atoms with Crippen LogP contribution in [0.3, 0.4) is 0 Å². The standard InChI is InChI=1S/C9H20N2O2/c1-9(12)10-5-4-6-11(2)7-8-13-3/h4-8H2,1-3H3,(H,10,12)/p+1. The number of carbonyl (C=O) groups excluding carboxylic acids is 1. The maximum Gasteiger partial charge on any atom is 0.216 e. The summed E-state index contributed by atoms with van der Waals surface area (Å²) in [4.78, 5) is 12.0. The Morgan fingerprint density at radius 3 is 2.69 bits per heavy atom. The second kappa shape index (κ2) is 8.01. The van der Waals surface area contributed by atoms with Gasteiger partial charge in [0, 0.05) is 27.0 Å². The fraction of sp³-hybridized carbons (Fsp3) is 0.889. The Morgan fingerprint density at radius 2 is 2.15 bits per heavy atom. The minimum Gasteiger partial charge on any atom is -0.379 e. The van der Waals surface area contributed by atoms with Gasteiger partial charge in [-0.15, -0.1) is 0 Å². The Hall–Kier alpha value is -0.610. The average Bonchev–Trinajstić information content (AvgIpc) is 2.08. The zero-order valence-corrected chi connectivity index (χ0v) is 8.85. The van der Waals surface area contributed by atoms with Crippen LogP contribution in [0.1, 0.15) is 13.3 Å². The molecule has 0 heterocycles. The summed E-state index contributed by atoms with van der Waals surface area (Å²) in [6, 6.07) is 0. The molecule has 4 heteroatoms. The third-order valence-electron chi connectivity index (χ3n) is 1.89. The number of nitrogens with one attached hydrogen (secondary N) is 2. The first-order valence-electron chi connectivity index (χ1n) is 4.71. The number of hydrogen-bond acceptors (Lipinski definition) is 2. The second-order valence-corrected chi connectivity index (χ2v) is 3.29. The third kappa shape index (κ3) is 9.30. The van der Waals surface area contributed by atoms with E-state index in [2.05, 4.69) is 12.4 Å². The smallest absolute Gasteiger partial charge is 0.216 e. The van der Waals surface area contributed by atoms with Gasteiger partial charge in [-0.25, -0.2) is 0 Å². The van der Waals surface area contributed by atoms with Crippen LogP contribution in [0.25, 0.3) is 0 Å². The molecule has 0 radical (unpaired) electrons. The maximum atomic E-state index is 10.5. The van der Waals surface area contributed by atoms with Gasteiger partial charge in [-0.1, -0.05) is 0 Å². The van der Waals surface area contributed by atoms with E-state index < -0.39 is 0 Å². The van der Waals surface area contributed by atoms with E-state index in [0.717, 1.165) is 32.7 Å². The molecule has 0 saturated carbocycles. The Bertz CT molecular complexity index is 140. The van der Waals surface area contributed by atoms with Crippen molar-refractivity contribution < 1.29 is 14.4 Å². The van der Waals surface area contributed by atoms with Crippen LogP contribution < -0.4 is 10.2 Å². The van der Waals surface area contributed by atoms with Gasteiger partial charge in [0.15, 0.2) is 0 Å². The van der Waals surface area contributed by atoms with E-state index in [-0.39, 0.29) is 5.91 Å². The number of methoxy groups -OCH3 is 1. The first-order valence-corrected chi connectivity index (χ1v) is 4.71. The second-order valence-electron chi connectivity index (χ2n) is 3.29. The van der Waals surface area contributed by atoms with E-state index in [9.17, 15) is 4.79 Å². The molecule has 0 spiro atoms. The predicted octanol–water partition coefficient (Wildman–Crippen LogP) is -1.33. The highest BCUT2D eigenvalue weighted by Crippen LogP contribution is 1.70. The van der Waals surface area contributed by atoms with Crippen LogP contribution in [0.2, 0.25) is 0 Å². The van der Waals surface area contributed by atoms with Gasteiger partial charge in [0.05, 0.1) is 20.2 Å². The first-order chi connectivity index (χ1) is 6.16. The minimum absolute atomic E-state index is 0.0505. The summed E-state index contributed by atoms with van der Waals surface area (Å²) in [7, 11) is 3.84. The fourth-order valence-corrected chi connectivity index (χ4v) is 1.06. The van der Waals surface area contributed by atoms with E-state index in [1.807, 2.05) is 0 Å². The lowest BCUT2D eigenvalue weighted by Crippen LogP contribution is -3.09. The highest BCUT2D eigenvalue weighted by atomic mass is 16.5. The van der Waals surface area contributed by atoms with E-state index in [1.54, 1.807) is 14.0 Å². The Labute approximate surface area is 80.2 Å². The summed E-state index contributed by atoms with van der Waals surface area (Å²) in [5.74, 6) is 0.0505. The highest BCUT2D eigenvalue weighted by Gasteiger charge is 2.00. The molecule has 1 unspecified atom stereocenters. The van der Waals surface area contributed by atoms with Gasteiger partial charge in [-0.05, 0) is 0 Å². The van der Waals surface area contributed by atoms with Gasteiger partial charge in [-0.2, -0.15) is 0 Å². The van der Waals surface area contributed by atoms with E-state index in [0.29, 0.717) is 0 Å². The van der Waals surface area contributed by atoms with Crippen LogP contribution in [-0.2, 0) is 9.53 Å². The molecule has 0 aromatic heterocycles. The molecule has 0 aromatic carbocycles. The minimum atomic E-state index is 0.0505. The fourth-order valence-electron chi connectivity index (χ4n) is 1.06. The van der Waals surface area contributed by atoms with Crippen molar-refractivity contribution in [2.75, 3.05) is 40.4 Å². The van der Waals surface area contributed by atoms with Crippen LogP contribution in [0.4, 0.5) is 0 Å². The molecule has 2 N–H and O–H groups in total. The molecule has 0 aliphatic rings. The monoisotopic (exact) mass is 189 g/mol. The largest absolute Gasteiger partial charge is 0.379 e. The number of quaternary nitrogens is 1. The Kier molecular flexibility index (Phi) is 7.63. The highest BCUT2D eigenvalue weighted by molar-refractivity contribution is 5.72. The molecule has 0 bridgehead atoms. The molecule has 4 nitrogen and oxygen atoms in total. The molecule has 1 amide bonds. The maximum absolute atomic E-state index is 10.5. The summed E-state index contributed by atoms with van der Waals surface area (Å²) in [5.41, 5.74) is 0. The number of ether oxygens (including phenoxy) is 1. The topological polar surface area (TPSA) is 42.8 Å². The SMILES string of the molecule is COCC[NH+](C)CCCNC(C)=O. The van der Waals surface area contributed by atoms with Crippen molar-refractivity contribution >= 4 is 5.91 Å². The summed E-state index contributed by atoms with van der Waals surface area (Å²) < 4.78 is 4.97. The van der Waals surface area contributed by atoms with Gasteiger partial charge in [-0.3, -0.25) is 4.79 Å². The summed E-state index contributed by atoms with van der Waals surface area (Å²) in [5, 5.41) is 2.77. The van der Waals surface area contributed by atoms with Crippen LogP contribution in [0.15, 0.2) is 0 Å². The lowest BCUT2D eigenvalue weighted by molar-refractivity contribution is -0.880. The molecular weight excluding hydrogens is 168 g/mol. The zero-order chi connectivity index (χ0) is 10.1. The predicted molar refractivity (Wildman–Crippen MR) is 51.8 cm³/mol. The van der Waals surface area contributed by atoms with Crippen molar-refractivity contribution in [3.05, 3.63) is 0 Å². The molecular formula is C9H21N2O2+. The van der Waals surface area contributed by atoms with Crippen molar-refractivity contribution in [1.82, 2.24) is 5.32 Å². The number of amides is 1. The van der Waals surface area contributed by atoms with Crippen LogP contribution in [-0.4, -0.2) is 46.3 Å². The van der Waals surface area contributed by atoms with Crippen molar-refractivity contribution in [3.8, 4) is 0 Å².